The number of carbonyl (C=O) groups is 1. The lowest BCUT2D eigenvalue weighted by molar-refractivity contribution is -0.116. The van der Waals surface area contributed by atoms with Crippen molar-refractivity contribution >= 4 is 22.4 Å². The quantitative estimate of drug-likeness (QED) is 0.769. The summed E-state index contributed by atoms with van der Waals surface area (Å²) in [6.07, 6.45) is 4.48. The molecule has 1 fully saturated rings. The van der Waals surface area contributed by atoms with Gasteiger partial charge in [0, 0.05) is 24.8 Å². The monoisotopic (exact) mass is 415 g/mol. The number of amides is 1. The molecule has 4 rings (SSSR count). The van der Waals surface area contributed by atoms with Crippen molar-refractivity contribution in [3.63, 3.8) is 0 Å². The second kappa shape index (κ2) is 9.59. The van der Waals surface area contributed by atoms with Crippen LogP contribution >= 0.6 is 11.3 Å². The molecule has 2 aromatic rings. The van der Waals surface area contributed by atoms with E-state index >= 15 is 0 Å². The molecule has 1 aromatic heterocycles. The average molecular weight is 416 g/mol. The van der Waals surface area contributed by atoms with Crippen molar-refractivity contribution in [2.24, 2.45) is 5.92 Å². The smallest absolute Gasteiger partial charge is 0.226 e. The number of anilines is 1. The minimum absolute atomic E-state index is 0.00944. The molecule has 3 heterocycles. The number of nitrogens with zero attached hydrogens (tertiary/aromatic N) is 2. The van der Waals surface area contributed by atoms with Crippen molar-refractivity contribution in [1.82, 2.24) is 9.88 Å². The molecular weight excluding hydrogens is 386 g/mol. The van der Waals surface area contributed by atoms with Gasteiger partial charge in [-0.2, -0.15) is 0 Å². The molecule has 0 bridgehead atoms. The Morgan fingerprint density at radius 3 is 2.86 bits per heavy atom. The number of carbonyl (C=O) groups excluding carboxylic acids is 1. The maximum absolute atomic E-state index is 12.4. The van der Waals surface area contributed by atoms with Gasteiger partial charge in [-0.25, -0.2) is 4.98 Å². The third-order valence-corrected chi connectivity index (χ3v) is 6.32. The highest BCUT2D eigenvalue weighted by Gasteiger charge is 2.17. The van der Waals surface area contributed by atoms with Gasteiger partial charge in [-0.05, 0) is 56.0 Å². The minimum Gasteiger partial charge on any atom is -0.490 e. The zero-order chi connectivity index (χ0) is 20.1. The Labute approximate surface area is 176 Å². The van der Waals surface area contributed by atoms with Crippen LogP contribution in [0.3, 0.4) is 0 Å². The molecule has 0 unspecified atom stereocenters. The molecule has 2 aliphatic heterocycles. The molecule has 0 aliphatic carbocycles. The van der Waals surface area contributed by atoms with Gasteiger partial charge in [0.15, 0.2) is 16.6 Å². The van der Waals surface area contributed by atoms with E-state index in [1.807, 2.05) is 18.2 Å². The van der Waals surface area contributed by atoms with E-state index in [9.17, 15) is 4.79 Å². The normalized spacial score (nSPS) is 17.7. The molecule has 2 aliphatic rings. The first-order valence-corrected chi connectivity index (χ1v) is 11.4. The van der Waals surface area contributed by atoms with Gasteiger partial charge in [-0.1, -0.05) is 13.0 Å². The van der Waals surface area contributed by atoms with Gasteiger partial charge in [-0.3, -0.25) is 9.69 Å². The van der Waals surface area contributed by atoms with E-state index in [2.05, 4.69) is 27.5 Å². The van der Waals surface area contributed by atoms with Gasteiger partial charge < -0.3 is 14.8 Å². The van der Waals surface area contributed by atoms with Crippen molar-refractivity contribution < 1.29 is 14.3 Å². The summed E-state index contributed by atoms with van der Waals surface area (Å²) < 4.78 is 11.4. The summed E-state index contributed by atoms with van der Waals surface area (Å²) >= 11 is 1.50. The van der Waals surface area contributed by atoms with Crippen LogP contribution in [-0.2, 0) is 17.8 Å². The van der Waals surface area contributed by atoms with Crippen LogP contribution in [0.1, 0.15) is 43.9 Å². The summed E-state index contributed by atoms with van der Waals surface area (Å²) in [6, 6.07) is 5.92. The predicted octanol–water partition coefficient (Wildman–Crippen LogP) is 4.11. The second-order valence-corrected chi connectivity index (χ2v) is 8.84. The summed E-state index contributed by atoms with van der Waals surface area (Å²) in [7, 11) is 0. The maximum Gasteiger partial charge on any atom is 0.226 e. The van der Waals surface area contributed by atoms with Crippen LogP contribution in [0.2, 0.25) is 0 Å². The SMILES string of the molecule is CC1CCN(Cc2csc(NC(=O)CCc3ccc4c(c3)OCCCO4)n2)CC1. The van der Waals surface area contributed by atoms with Gasteiger partial charge in [0.1, 0.15) is 0 Å². The number of thiazole rings is 1. The fourth-order valence-corrected chi connectivity index (χ4v) is 4.41. The summed E-state index contributed by atoms with van der Waals surface area (Å²) in [4.78, 5) is 19.4. The summed E-state index contributed by atoms with van der Waals surface area (Å²) in [5.74, 6) is 2.38. The van der Waals surface area contributed by atoms with Crippen LogP contribution in [0.25, 0.3) is 0 Å². The van der Waals surface area contributed by atoms with E-state index in [4.69, 9.17) is 9.47 Å². The highest BCUT2D eigenvalue weighted by atomic mass is 32.1. The van der Waals surface area contributed by atoms with E-state index in [0.29, 0.717) is 31.2 Å². The lowest BCUT2D eigenvalue weighted by atomic mass is 9.99. The van der Waals surface area contributed by atoms with Crippen LogP contribution in [0, 0.1) is 5.92 Å². The van der Waals surface area contributed by atoms with Crippen molar-refractivity contribution in [2.45, 2.75) is 45.6 Å². The number of aryl methyl sites for hydroxylation is 1. The van der Waals surface area contributed by atoms with E-state index in [0.717, 1.165) is 54.7 Å². The lowest BCUT2D eigenvalue weighted by Crippen LogP contribution is -2.32. The zero-order valence-electron chi connectivity index (χ0n) is 17.0. The number of hydrogen-bond donors (Lipinski definition) is 1. The molecule has 1 N–H and O–H groups in total. The minimum atomic E-state index is -0.00944. The molecular formula is C22H29N3O3S. The van der Waals surface area contributed by atoms with Gasteiger partial charge in [0.05, 0.1) is 18.9 Å². The molecule has 1 aromatic carbocycles. The molecule has 0 saturated carbocycles. The van der Waals surface area contributed by atoms with Crippen molar-refractivity contribution in [3.8, 4) is 11.5 Å². The first-order valence-electron chi connectivity index (χ1n) is 10.5. The van der Waals surface area contributed by atoms with E-state index < -0.39 is 0 Å². The Morgan fingerprint density at radius 2 is 2.03 bits per heavy atom. The third-order valence-electron chi connectivity index (χ3n) is 5.51. The molecule has 29 heavy (non-hydrogen) atoms. The van der Waals surface area contributed by atoms with Crippen LogP contribution in [0.4, 0.5) is 5.13 Å². The average Bonchev–Trinajstić information content (AvgIpc) is 3.01. The number of nitrogens with one attached hydrogen (secondary N) is 1. The van der Waals surface area contributed by atoms with Crippen molar-refractivity contribution in [2.75, 3.05) is 31.6 Å². The van der Waals surface area contributed by atoms with Crippen LogP contribution in [-0.4, -0.2) is 42.1 Å². The molecule has 156 valence electrons. The van der Waals surface area contributed by atoms with Gasteiger partial charge >= 0.3 is 0 Å². The zero-order valence-corrected chi connectivity index (χ0v) is 17.8. The Balaban J connectivity index is 1.25. The number of aromatic nitrogens is 1. The van der Waals surface area contributed by atoms with Gasteiger partial charge in [0.25, 0.3) is 0 Å². The Kier molecular flexibility index (Phi) is 6.67. The number of piperidine rings is 1. The number of likely N-dealkylation sites (tertiary alicyclic amines) is 1. The second-order valence-electron chi connectivity index (χ2n) is 7.98. The van der Waals surface area contributed by atoms with Crippen LogP contribution in [0.15, 0.2) is 23.6 Å². The molecule has 0 spiro atoms. The number of rotatable bonds is 6. The highest BCUT2D eigenvalue weighted by Crippen LogP contribution is 2.30. The topological polar surface area (TPSA) is 63.7 Å². The third kappa shape index (κ3) is 5.70. The predicted molar refractivity (Wildman–Crippen MR) is 115 cm³/mol. The number of ether oxygens (including phenoxy) is 2. The number of fused-ring (bicyclic) bond motifs is 1. The molecule has 0 atom stereocenters. The first kappa shape index (κ1) is 20.2. The first-order chi connectivity index (χ1) is 14.2. The lowest BCUT2D eigenvalue weighted by Gasteiger charge is -2.29. The Bertz CT molecular complexity index is 830. The van der Waals surface area contributed by atoms with Crippen molar-refractivity contribution in [1.29, 1.82) is 0 Å². The standard InChI is InChI=1S/C22H29N3O3S/c1-16-7-9-25(10-8-16)14-18-15-29-22(23-18)24-21(26)6-4-17-3-5-19-20(13-17)28-12-2-11-27-19/h3,5,13,15-16H,2,4,6-12,14H2,1H3,(H,23,24,26). The fourth-order valence-electron chi connectivity index (χ4n) is 3.69. The fraction of sp³-hybridized carbons (Fsp3) is 0.545. The van der Waals surface area contributed by atoms with Crippen molar-refractivity contribution in [3.05, 3.63) is 34.8 Å². The van der Waals surface area contributed by atoms with Gasteiger partial charge in [0.2, 0.25) is 5.91 Å². The largest absolute Gasteiger partial charge is 0.490 e. The number of benzene rings is 1. The summed E-state index contributed by atoms with van der Waals surface area (Å²) in [5.41, 5.74) is 2.12. The number of hydrogen-bond acceptors (Lipinski definition) is 6. The summed E-state index contributed by atoms with van der Waals surface area (Å²) in [5, 5.41) is 5.69. The van der Waals surface area contributed by atoms with E-state index in [1.165, 1.54) is 24.2 Å². The van der Waals surface area contributed by atoms with E-state index in [-0.39, 0.29) is 5.91 Å². The molecule has 0 radical (unpaired) electrons. The molecule has 7 heteroatoms. The van der Waals surface area contributed by atoms with Crippen LogP contribution < -0.4 is 14.8 Å². The highest BCUT2D eigenvalue weighted by molar-refractivity contribution is 7.13. The molecule has 1 saturated heterocycles. The maximum atomic E-state index is 12.4. The molecule has 1 amide bonds. The molecule has 6 nitrogen and oxygen atoms in total. The van der Waals surface area contributed by atoms with Gasteiger partial charge in [-0.15, -0.1) is 11.3 Å². The van der Waals surface area contributed by atoms with E-state index in [1.54, 1.807) is 0 Å². The summed E-state index contributed by atoms with van der Waals surface area (Å²) in [6.45, 7) is 6.81. The van der Waals surface area contributed by atoms with Crippen LogP contribution in [0.5, 0.6) is 11.5 Å². The Morgan fingerprint density at radius 1 is 1.24 bits per heavy atom. The Hall–Kier alpha value is -2.12.